The lowest BCUT2D eigenvalue weighted by Gasteiger charge is -2.69. The summed E-state index contributed by atoms with van der Waals surface area (Å²) >= 11 is 0. The van der Waals surface area contributed by atoms with Gasteiger partial charge in [0.25, 0.3) is 0 Å². The molecule has 2 saturated carbocycles. The molecule has 313 valence electrons. The molecule has 2 bridgehead atoms. The van der Waals surface area contributed by atoms with Crippen molar-refractivity contribution in [3.63, 3.8) is 0 Å². The van der Waals surface area contributed by atoms with Crippen molar-refractivity contribution in [2.45, 2.75) is 180 Å². The maximum Gasteiger partial charge on any atom is 0.338 e. The number of ether oxygens (including phenoxy) is 3. The van der Waals surface area contributed by atoms with Crippen molar-refractivity contribution >= 4 is 43.4 Å². The van der Waals surface area contributed by atoms with E-state index in [0.29, 0.717) is 17.6 Å². The first-order valence-corrected chi connectivity index (χ1v) is 28.6. The van der Waals surface area contributed by atoms with Crippen LogP contribution in [0, 0.1) is 16.7 Å². The first-order chi connectivity index (χ1) is 26.3. The summed E-state index contributed by atoms with van der Waals surface area (Å²) in [6.07, 6.45) is -3.85. The number of carbonyl (C=O) groups excluding carboxylic acids is 3. The van der Waals surface area contributed by atoms with Crippen molar-refractivity contribution in [1.82, 2.24) is 0 Å². The minimum absolute atomic E-state index is 0.0564. The molecule has 9 atom stereocenters. The fourth-order valence-electron chi connectivity index (χ4n) is 10.9. The second-order valence-corrected chi connectivity index (χ2v) is 29.3. The number of ketones is 1. The highest BCUT2D eigenvalue weighted by molar-refractivity contribution is 6.74. The van der Waals surface area contributed by atoms with Crippen LogP contribution in [0.3, 0.4) is 0 Å². The lowest BCUT2D eigenvalue weighted by atomic mass is 9.44. The van der Waals surface area contributed by atoms with E-state index in [2.05, 4.69) is 54.6 Å². The minimum atomic E-state index is -2.42. The van der Waals surface area contributed by atoms with Gasteiger partial charge < -0.3 is 32.6 Å². The van der Waals surface area contributed by atoms with Gasteiger partial charge in [-0.2, -0.15) is 0 Å². The summed E-state index contributed by atoms with van der Waals surface area (Å²) in [5.74, 6) is -2.59. The fourth-order valence-corrected chi connectivity index (χ4v) is 17.9. The van der Waals surface area contributed by atoms with Gasteiger partial charge in [-0.3, -0.25) is 9.59 Å². The normalized spacial score (nSPS) is 34.2. The number of hydrogen-bond acceptors (Lipinski definition) is 10. The van der Waals surface area contributed by atoms with Gasteiger partial charge in [-0.1, -0.05) is 73.6 Å². The molecule has 0 unspecified atom stereocenters. The molecule has 3 aliphatic carbocycles. The molecule has 1 N–H and O–H groups in total. The lowest BCUT2D eigenvalue weighted by molar-refractivity contribution is -0.340. The van der Waals surface area contributed by atoms with E-state index in [1.54, 1.807) is 24.3 Å². The van der Waals surface area contributed by atoms with Gasteiger partial charge in [-0.05, 0) is 86.5 Å². The SMILES string of the molecule is CC[Si](CC)(CC)O[C@H]1C[C@@]2(O[Si](C)C)[C@@H](OC(=O)c3ccccc3)[C@@H]3[C@]4(O)CO[C@@H]4C[C@H](O[Si](CC)(CC)CC)[C@@]3(C)C(=O)[C@H](OC(C)=O)C(=C1C)C2(C)C. The maximum atomic E-state index is 16.2. The van der Waals surface area contributed by atoms with Gasteiger partial charge in [-0.25, -0.2) is 4.79 Å². The van der Waals surface area contributed by atoms with E-state index in [9.17, 15) is 14.7 Å². The van der Waals surface area contributed by atoms with Gasteiger partial charge >= 0.3 is 11.9 Å². The van der Waals surface area contributed by atoms with Crippen molar-refractivity contribution in [1.29, 1.82) is 0 Å². The smallest absolute Gasteiger partial charge is 0.338 e. The Balaban J connectivity index is 1.94. The molecule has 0 spiro atoms. The van der Waals surface area contributed by atoms with Gasteiger partial charge in [0, 0.05) is 31.1 Å². The van der Waals surface area contributed by atoms with Crippen LogP contribution in [0.1, 0.15) is 99.4 Å². The number of aliphatic hydroxyl groups is 1. The lowest BCUT2D eigenvalue weighted by Crippen LogP contribution is -2.82. The molecular weight excluding hydrogens is 761 g/mol. The molecule has 0 aromatic heterocycles. The van der Waals surface area contributed by atoms with Crippen molar-refractivity contribution in [3.8, 4) is 0 Å². The molecule has 10 nitrogen and oxygen atoms in total. The number of fused-ring (bicyclic) bond motifs is 5. The van der Waals surface area contributed by atoms with E-state index in [-0.39, 0.29) is 18.8 Å². The molecule has 0 amide bonds. The van der Waals surface area contributed by atoms with E-state index < -0.39 is 96.1 Å². The Morgan fingerprint density at radius 3 is 1.93 bits per heavy atom. The monoisotopic (exact) mass is 829 g/mol. The number of hydrogen-bond donors (Lipinski definition) is 1. The number of benzene rings is 1. The zero-order valence-electron chi connectivity index (χ0n) is 36.3. The van der Waals surface area contributed by atoms with Crippen LogP contribution in [0.4, 0.5) is 0 Å². The summed E-state index contributed by atoms with van der Waals surface area (Å²) in [4.78, 5) is 44.1. The first kappa shape index (κ1) is 45.1. The van der Waals surface area contributed by atoms with Crippen molar-refractivity contribution in [3.05, 3.63) is 47.0 Å². The van der Waals surface area contributed by atoms with E-state index in [1.807, 2.05) is 33.8 Å². The van der Waals surface area contributed by atoms with Crippen LogP contribution in [0.25, 0.3) is 0 Å². The summed E-state index contributed by atoms with van der Waals surface area (Å²) in [5.41, 5.74) is -3.71. The molecule has 1 aromatic carbocycles. The highest BCUT2D eigenvalue weighted by Crippen LogP contribution is 2.65. The molecule has 1 radical (unpaired) electrons. The molecular formula is C43H69O10Si3. The van der Waals surface area contributed by atoms with Crippen LogP contribution in [-0.4, -0.2) is 96.8 Å². The first-order valence-electron chi connectivity index (χ1n) is 21.1. The third-order valence-corrected chi connectivity index (χ3v) is 24.9. The maximum absolute atomic E-state index is 16.2. The molecule has 1 heterocycles. The van der Waals surface area contributed by atoms with Crippen LogP contribution in [0.5, 0.6) is 0 Å². The van der Waals surface area contributed by atoms with Crippen molar-refractivity contribution in [2.24, 2.45) is 16.7 Å². The van der Waals surface area contributed by atoms with E-state index in [4.69, 9.17) is 27.5 Å². The van der Waals surface area contributed by atoms with Crippen LogP contribution in [-0.2, 0) is 37.1 Å². The second-order valence-electron chi connectivity index (χ2n) is 17.9. The largest absolute Gasteiger partial charge is 0.455 e. The second kappa shape index (κ2) is 16.6. The molecule has 3 fully saturated rings. The highest BCUT2D eigenvalue weighted by atomic mass is 28.4. The van der Waals surface area contributed by atoms with E-state index in [1.165, 1.54) is 6.92 Å². The third-order valence-electron chi connectivity index (χ3n) is 14.8. The van der Waals surface area contributed by atoms with Gasteiger partial charge in [0.15, 0.2) is 28.5 Å². The zero-order chi connectivity index (χ0) is 41.6. The fraction of sp³-hybridized carbons (Fsp3) is 0.744. The van der Waals surface area contributed by atoms with Gasteiger partial charge in [0.2, 0.25) is 9.04 Å². The quantitative estimate of drug-likeness (QED) is 0.105. The summed E-state index contributed by atoms with van der Waals surface area (Å²) in [7, 11) is -6.34. The van der Waals surface area contributed by atoms with Crippen LogP contribution in [0.15, 0.2) is 41.5 Å². The molecule has 5 rings (SSSR count). The molecule has 1 saturated heterocycles. The summed E-state index contributed by atoms with van der Waals surface area (Å²) in [6, 6.07) is 14.0. The number of esters is 2. The average Bonchev–Trinajstić information content (AvgIpc) is 3.16. The van der Waals surface area contributed by atoms with Gasteiger partial charge in [-0.15, -0.1) is 0 Å². The molecule has 1 aliphatic heterocycles. The van der Waals surface area contributed by atoms with Crippen molar-refractivity contribution in [2.75, 3.05) is 6.61 Å². The van der Waals surface area contributed by atoms with Crippen LogP contribution < -0.4 is 0 Å². The predicted octanol–water partition coefficient (Wildman–Crippen LogP) is 8.42. The topological polar surface area (TPSA) is 127 Å². The summed E-state index contributed by atoms with van der Waals surface area (Å²) in [6.45, 7) is 26.3. The van der Waals surface area contributed by atoms with Crippen LogP contribution >= 0.6 is 0 Å². The zero-order valence-corrected chi connectivity index (χ0v) is 39.3. The predicted molar refractivity (Wildman–Crippen MR) is 224 cm³/mol. The summed E-state index contributed by atoms with van der Waals surface area (Å²) < 4.78 is 41.7. The number of carbonyl (C=O) groups is 3. The van der Waals surface area contributed by atoms with E-state index >= 15 is 4.79 Å². The third kappa shape index (κ3) is 7.21. The molecule has 13 heteroatoms. The Hall–Kier alpha value is -1.98. The molecule has 4 aliphatic rings. The van der Waals surface area contributed by atoms with E-state index in [0.717, 1.165) is 41.8 Å². The summed E-state index contributed by atoms with van der Waals surface area (Å²) in [5, 5.41) is 13.2. The Labute approximate surface area is 339 Å². The molecule has 56 heavy (non-hydrogen) atoms. The van der Waals surface area contributed by atoms with Gasteiger partial charge in [0.1, 0.15) is 17.3 Å². The van der Waals surface area contributed by atoms with Crippen molar-refractivity contribution < 1.29 is 47.0 Å². The Morgan fingerprint density at radius 2 is 1.45 bits per heavy atom. The number of rotatable bonds is 15. The van der Waals surface area contributed by atoms with Crippen LogP contribution in [0.2, 0.25) is 49.4 Å². The Kier molecular flexibility index (Phi) is 13.4. The molecule has 1 aromatic rings. The number of Topliss-reactive ketones (excluding diaryl/α,β-unsaturated/α-hetero) is 1. The standard InChI is InChI=1S/C43H69O10Si3/c1-14-55(15-2,16-3)51-31-26-43(53-54(12)13)38(50-39(46)30-23-21-20-22-24-30)36-41(11,37(45)35(49-29(8)44)34(28(31)7)40(43,9)10)32(25-33-42(36,47)27-48-33)52-56(17-4,18-5)19-6/h20-24,31-33,35-36,38,47H,14-19,25-27H2,1-13H3/t31-,32-,33+,35+,36-,38-,41+,42-,43+/m0/s1. The average molecular weight is 830 g/mol. The van der Waals surface area contributed by atoms with Gasteiger partial charge in [0.05, 0.1) is 35.9 Å². The minimum Gasteiger partial charge on any atom is -0.455 e. The Morgan fingerprint density at radius 1 is 0.893 bits per heavy atom. The Bertz CT molecular complexity index is 1620. The highest BCUT2D eigenvalue weighted by Gasteiger charge is 2.78.